The lowest BCUT2D eigenvalue weighted by molar-refractivity contribution is 0.352. The average molecular weight is 229 g/mol. The minimum absolute atomic E-state index is 0.251. The first-order chi connectivity index (χ1) is 8.34. The van der Waals surface area contributed by atoms with Gasteiger partial charge in [0.25, 0.3) is 5.78 Å². The number of hydrogen-bond acceptors (Lipinski definition) is 4. The Bertz CT molecular complexity index is 561. The molecule has 2 saturated carbocycles. The van der Waals surface area contributed by atoms with Crippen molar-refractivity contribution in [1.29, 1.82) is 0 Å². The number of hydrogen-bond donors (Lipinski definition) is 1. The summed E-state index contributed by atoms with van der Waals surface area (Å²) in [4.78, 5) is 4.21. The first-order valence-electron chi connectivity index (χ1n) is 6.26. The summed E-state index contributed by atoms with van der Waals surface area (Å²) in [6, 6.07) is 2.17. The third-order valence-corrected chi connectivity index (χ3v) is 4.49. The lowest BCUT2D eigenvalue weighted by Crippen LogP contribution is -2.35. The fraction of sp³-hybridized carbons (Fsp3) is 0.583. The average Bonchev–Trinajstić information content (AvgIpc) is 3.02. The predicted octanol–water partition coefficient (Wildman–Crippen LogP) is 0.965. The summed E-state index contributed by atoms with van der Waals surface area (Å²) in [5.74, 6) is 3.44. The first-order valence-corrected chi connectivity index (χ1v) is 6.26. The molecule has 5 heteroatoms. The molecular weight excluding hydrogens is 214 g/mol. The topological polar surface area (TPSA) is 69.1 Å². The van der Waals surface area contributed by atoms with E-state index in [4.69, 9.17) is 5.73 Å². The lowest BCUT2D eigenvalue weighted by atomic mass is 9.84. The zero-order valence-electron chi connectivity index (χ0n) is 9.53. The quantitative estimate of drug-likeness (QED) is 0.791. The van der Waals surface area contributed by atoms with Gasteiger partial charge >= 0.3 is 0 Å². The molecule has 0 radical (unpaired) electrons. The molecular formula is C12H15N5. The monoisotopic (exact) mass is 229 g/mol. The summed E-state index contributed by atoms with van der Waals surface area (Å²) < 4.78 is 1.99. The van der Waals surface area contributed by atoms with Crippen molar-refractivity contribution in [2.45, 2.75) is 31.2 Å². The highest BCUT2D eigenvalue weighted by molar-refractivity contribution is 5.29. The molecule has 2 fully saturated rings. The Labute approximate surface area is 99.1 Å². The highest BCUT2D eigenvalue weighted by Gasteiger charge is 2.48. The first kappa shape index (κ1) is 9.53. The van der Waals surface area contributed by atoms with Crippen LogP contribution in [0.2, 0.25) is 0 Å². The van der Waals surface area contributed by atoms with E-state index in [2.05, 4.69) is 15.2 Å². The number of fused-ring (bicyclic) bond motifs is 3. The normalized spacial score (nSPS) is 35.8. The molecule has 2 bridgehead atoms. The summed E-state index contributed by atoms with van der Waals surface area (Å²) in [7, 11) is 0. The van der Waals surface area contributed by atoms with E-state index in [0.29, 0.717) is 23.5 Å². The molecule has 0 saturated heterocycles. The van der Waals surface area contributed by atoms with Gasteiger partial charge in [-0.1, -0.05) is 0 Å². The van der Waals surface area contributed by atoms with Crippen molar-refractivity contribution in [1.82, 2.24) is 19.6 Å². The van der Waals surface area contributed by atoms with E-state index >= 15 is 0 Å². The molecule has 0 spiro atoms. The van der Waals surface area contributed by atoms with Crippen molar-refractivity contribution in [3.05, 3.63) is 24.3 Å². The summed E-state index contributed by atoms with van der Waals surface area (Å²) in [6.45, 7) is 0. The van der Waals surface area contributed by atoms with E-state index in [9.17, 15) is 0 Å². The van der Waals surface area contributed by atoms with Gasteiger partial charge in [0.05, 0.1) is 0 Å². The summed E-state index contributed by atoms with van der Waals surface area (Å²) in [5.41, 5.74) is 6.34. The molecule has 2 N–H and O–H groups in total. The minimum Gasteiger partial charge on any atom is -0.327 e. The predicted molar refractivity (Wildman–Crippen MR) is 62.3 cm³/mol. The molecule has 0 aliphatic heterocycles. The Kier molecular flexibility index (Phi) is 1.83. The number of aromatic nitrogens is 4. The fourth-order valence-corrected chi connectivity index (χ4v) is 3.71. The van der Waals surface area contributed by atoms with Gasteiger partial charge in [-0.2, -0.15) is 0 Å². The van der Waals surface area contributed by atoms with Gasteiger partial charge in [-0.3, -0.25) is 4.40 Å². The van der Waals surface area contributed by atoms with Crippen molar-refractivity contribution < 1.29 is 0 Å². The van der Waals surface area contributed by atoms with Gasteiger partial charge in [-0.05, 0) is 37.2 Å². The molecule has 2 heterocycles. The van der Waals surface area contributed by atoms with Gasteiger partial charge in [0.2, 0.25) is 0 Å². The molecule has 4 unspecified atom stereocenters. The summed E-state index contributed by atoms with van der Waals surface area (Å²) in [6.07, 6.45) is 7.57. The van der Waals surface area contributed by atoms with Crippen molar-refractivity contribution in [3.8, 4) is 0 Å². The molecule has 0 aromatic carbocycles. The van der Waals surface area contributed by atoms with Crippen LogP contribution < -0.4 is 5.73 Å². The van der Waals surface area contributed by atoms with E-state index in [1.807, 2.05) is 16.7 Å². The molecule has 0 amide bonds. The standard InChI is InChI=1S/C12H15N5/c13-10-8-3-2-7(6-8)9(10)11-15-16-12-14-4-1-5-17(11)12/h1,4-5,7-10H,2-3,6,13H2. The molecule has 4 rings (SSSR count). The molecule has 2 aliphatic rings. The maximum Gasteiger partial charge on any atom is 0.254 e. The van der Waals surface area contributed by atoms with Crippen LogP contribution in [0.15, 0.2) is 18.5 Å². The van der Waals surface area contributed by atoms with Crippen molar-refractivity contribution in [3.63, 3.8) is 0 Å². The van der Waals surface area contributed by atoms with Gasteiger partial charge in [-0.15, -0.1) is 10.2 Å². The second-order valence-corrected chi connectivity index (χ2v) is 5.28. The minimum atomic E-state index is 0.251. The molecule has 2 aliphatic carbocycles. The SMILES string of the molecule is NC1C2CCC(C2)C1c1nnc2ncccn12. The second-order valence-electron chi connectivity index (χ2n) is 5.28. The number of nitrogens with two attached hydrogens (primary N) is 1. The van der Waals surface area contributed by atoms with E-state index in [0.717, 1.165) is 5.82 Å². The van der Waals surface area contributed by atoms with Crippen molar-refractivity contribution in [2.24, 2.45) is 17.6 Å². The van der Waals surface area contributed by atoms with E-state index in [1.54, 1.807) is 6.20 Å². The third-order valence-electron chi connectivity index (χ3n) is 4.49. The molecule has 88 valence electrons. The van der Waals surface area contributed by atoms with Crippen LogP contribution in [0.4, 0.5) is 0 Å². The molecule has 5 nitrogen and oxygen atoms in total. The van der Waals surface area contributed by atoms with Crippen molar-refractivity contribution >= 4 is 5.78 Å². The van der Waals surface area contributed by atoms with Crippen LogP contribution in [0.3, 0.4) is 0 Å². The highest BCUT2D eigenvalue weighted by Crippen LogP contribution is 2.51. The lowest BCUT2D eigenvalue weighted by Gasteiger charge is -2.26. The second kappa shape index (κ2) is 3.26. The van der Waals surface area contributed by atoms with E-state index < -0.39 is 0 Å². The zero-order chi connectivity index (χ0) is 11.4. The smallest absolute Gasteiger partial charge is 0.254 e. The fourth-order valence-electron chi connectivity index (χ4n) is 3.71. The van der Waals surface area contributed by atoms with Crippen LogP contribution in [-0.4, -0.2) is 25.6 Å². The van der Waals surface area contributed by atoms with E-state index in [1.165, 1.54) is 19.3 Å². The highest BCUT2D eigenvalue weighted by atomic mass is 15.3. The Hall–Kier alpha value is -1.49. The van der Waals surface area contributed by atoms with Crippen LogP contribution in [0.25, 0.3) is 5.78 Å². The maximum atomic E-state index is 6.34. The van der Waals surface area contributed by atoms with Crippen LogP contribution >= 0.6 is 0 Å². The Morgan fingerprint density at radius 1 is 1.24 bits per heavy atom. The molecule has 4 atom stereocenters. The Balaban J connectivity index is 1.84. The number of nitrogens with zero attached hydrogens (tertiary/aromatic N) is 4. The van der Waals surface area contributed by atoms with E-state index in [-0.39, 0.29) is 6.04 Å². The Morgan fingerprint density at radius 3 is 2.94 bits per heavy atom. The maximum absolute atomic E-state index is 6.34. The Morgan fingerprint density at radius 2 is 2.12 bits per heavy atom. The molecule has 17 heavy (non-hydrogen) atoms. The molecule has 2 aromatic heterocycles. The zero-order valence-corrected chi connectivity index (χ0v) is 9.53. The van der Waals surface area contributed by atoms with Gasteiger partial charge < -0.3 is 5.73 Å². The van der Waals surface area contributed by atoms with Crippen LogP contribution in [-0.2, 0) is 0 Å². The van der Waals surface area contributed by atoms with Crippen molar-refractivity contribution in [2.75, 3.05) is 0 Å². The van der Waals surface area contributed by atoms with Gasteiger partial charge in [0.1, 0.15) is 5.82 Å². The number of rotatable bonds is 1. The third kappa shape index (κ3) is 1.20. The van der Waals surface area contributed by atoms with Crippen LogP contribution in [0, 0.1) is 11.8 Å². The molecule has 2 aromatic rings. The summed E-state index contributed by atoms with van der Waals surface area (Å²) >= 11 is 0. The van der Waals surface area contributed by atoms with Crippen LogP contribution in [0.5, 0.6) is 0 Å². The van der Waals surface area contributed by atoms with Gasteiger partial charge in [0, 0.05) is 24.4 Å². The van der Waals surface area contributed by atoms with Gasteiger partial charge in [-0.25, -0.2) is 4.98 Å². The van der Waals surface area contributed by atoms with Gasteiger partial charge in [0.15, 0.2) is 0 Å². The summed E-state index contributed by atoms with van der Waals surface area (Å²) in [5, 5.41) is 8.44. The largest absolute Gasteiger partial charge is 0.327 e. The van der Waals surface area contributed by atoms with Crippen LogP contribution in [0.1, 0.15) is 31.0 Å².